The van der Waals surface area contributed by atoms with Gasteiger partial charge in [0.15, 0.2) is 0 Å². The van der Waals surface area contributed by atoms with E-state index in [2.05, 4.69) is 54.5 Å². The van der Waals surface area contributed by atoms with Crippen molar-refractivity contribution in [3.05, 3.63) is 11.6 Å². The Balaban J connectivity index is 1.42. The fraction of sp³-hybridized carbons (Fsp3) is 0.861. The van der Waals surface area contributed by atoms with E-state index in [1.54, 1.807) is 13.8 Å². The molecule has 0 bridgehead atoms. The summed E-state index contributed by atoms with van der Waals surface area (Å²) < 4.78 is 6.10. The van der Waals surface area contributed by atoms with Crippen LogP contribution in [0.5, 0.6) is 0 Å². The Bertz CT molecular complexity index is 1180. The van der Waals surface area contributed by atoms with Gasteiger partial charge in [0, 0.05) is 5.41 Å². The minimum absolute atomic E-state index is 0.0925. The van der Waals surface area contributed by atoms with Crippen LogP contribution in [0.15, 0.2) is 11.6 Å². The summed E-state index contributed by atoms with van der Waals surface area (Å²) in [5.41, 5.74) is -0.283. The fourth-order valence-corrected chi connectivity index (χ4v) is 12.1. The maximum absolute atomic E-state index is 12.9. The van der Waals surface area contributed by atoms with Crippen LogP contribution >= 0.6 is 0 Å². The molecule has 0 amide bonds. The van der Waals surface area contributed by atoms with Crippen LogP contribution in [0.1, 0.15) is 127 Å². The van der Waals surface area contributed by atoms with Crippen molar-refractivity contribution in [3.63, 3.8) is 0 Å². The van der Waals surface area contributed by atoms with Crippen molar-refractivity contribution in [1.29, 1.82) is 0 Å². The van der Waals surface area contributed by atoms with E-state index in [4.69, 9.17) is 4.74 Å². The van der Waals surface area contributed by atoms with E-state index in [9.17, 15) is 24.6 Å². The number of hydrogen-bond acceptors (Lipinski definition) is 4. The number of fused-ring (bicyclic) bond motifs is 7. The molecule has 0 aromatic carbocycles. The third-order valence-corrected chi connectivity index (χ3v) is 14.9. The lowest BCUT2D eigenvalue weighted by atomic mass is 9.31. The van der Waals surface area contributed by atoms with Gasteiger partial charge in [0.2, 0.25) is 0 Å². The summed E-state index contributed by atoms with van der Waals surface area (Å²) in [6, 6.07) is 0. The van der Waals surface area contributed by atoms with Crippen LogP contribution in [0.25, 0.3) is 0 Å². The molecule has 4 saturated carbocycles. The number of carbonyl (C=O) groups is 3. The molecule has 5 aliphatic carbocycles. The molecular formula is C36H56O6. The van der Waals surface area contributed by atoms with Gasteiger partial charge in [0.1, 0.15) is 6.10 Å². The normalized spacial score (nSPS) is 46.2. The maximum Gasteiger partial charge on any atom is 0.310 e. The van der Waals surface area contributed by atoms with E-state index in [1.165, 1.54) is 5.57 Å². The molecule has 4 fully saturated rings. The van der Waals surface area contributed by atoms with Crippen LogP contribution in [-0.2, 0) is 19.1 Å². The van der Waals surface area contributed by atoms with Gasteiger partial charge in [-0.05, 0) is 124 Å². The standard InChI is InChI=1S/C36H56O6/c1-21-12-17-36(30(40)41)19-18-34(8)23(28(36)22(21)2)10-11-25-33(7)15-14-26(42-27(37)20-31(3,4)29(38)39)32(5,6)24(33)13-16-35(25,34)9/h12,22-26,28H,10-11,13-20H2,1-9H3,(H,38,39)(H,40,41)/t22-,23?,24+,25-,26?,28-,33+,34-,35-,36+/m1/s1. The predicted molar refractivity (Wildman–Crippen MR) is 163 cm³/mol. The number of hydrogen-bond donors (Lipinski definition) is 2. The first-order valence-corrected chi connectivity index (χ1v) is 16.6. The zero-order valence-corrected chi connectivity index (χ0v) is 27.6. The highest BCUT2D eigenvalue weighted by molar-refractivity contribution is 5.81. The molecule has 0 aliphatic heterocycles. The molecule has 5 rings (SSSR count). The van der Waals surface area contributed by atoms with E-state index in [0.717, 1.165) is 51.4 Å². The third-order valence-electron chi connectivity index (χ3n) is 14.9. The number of carboxylic acids is 2. The number of carbonyl (C=O) groups excluding carboxylic acids is 1. The monoisotopic (exact) mass is 584 g/mol. The minimum atomic E-state index is -1.15. The van der Waals surface area contributed by atoms with Crippen LogP contribution < -0.4 is 0 Å². The summed E-state index contributed by atoms with van der Waals surface area (Å²) in [6.45, 7) is 19.8. The minimum Gasteiger partial charge on any atom is -0.481 e. The Morgan fingerprint density at radius 2 is 1.57 bits per heavy atom. The Morgan fingerprint density at radius 1 is 0.905 bits per heavy atom. The van der Waals surface area contributed by atoms with Crippen LogP contribution in [0.3, 0.4) is 0 Å². The summed E-state index contributed by atoms with van der Waals surface area (Å²) in [4.78, 5) is 37.5. The first kappa shape index (κ1) is 31.6. The smallest absolute Gasteiger partial charge is 0.310 e. The topological polar surface area (TPSA) is 101 Å². The molecule has 0 heterocycles. The first-order valence-electron chi connectivity index (χ1n) is 16.6. The number of rotatable bonds is 5. The van der Waals surface area contributed by atoms with Gasteiger partial charge in [-0.3, -0.25) is 14.4 Å². The summed E-state index contributed by atoms with van der Waals surface area (Å²) in [5.74, 6) is -0.150. The van der Waals surface area contributed by atoms with Crippen molar-refractivity contribution < 1.29 is 29.3 Å². The highest BCUT2D eigenvalue weighted by atomic mass is 16.5. The van der Waals surface area contributed by atoms with Gasteiger partial charge in [0.05, 0.1) is 17.3 Å². The Hall–Kier alpha value is -1.85. The van der Waals surface area contributed by atoms with Gasteiger partial charge in [0.25, 0.3) is 0 Å². The molecule has 0 aromatic rings. The zero-order chi connectivity index (χ0) is 31.3. The second-order valence-corrected chi connectivity index (χ2v) is 17.3. The molecule has 6 heteroatoms. The molecular weight excluding hydrogens is 528 g/mol. The van der Waals surface area contributed by atoms with E-state index < -0.39 is 28.7 Å². The number of aliphatic carboxylic acids is 2. The van der Waals surface area contributed by atoms with Gasteiger partial charge in [-0.15, -0.1) is 0 Å². The number of ether oxygens (including phenoxy) is 1. The van der Waals surface area contributed by atoms with Gasteiger partial charge < -0.3 is 14.9 Å². The molecule has 236 valence electrons. The SMILES string of the molecule is CC1=CC[C@]2(C(=O)O)CC[C@]3(C)C(CC[C@@H]4[C@@]5(C)CCC(OC(=O)CC(C)(C)C(=O)O)C(C)(C)[C@@H]5CC[C@]43C)[C@H]2[C@@H]1C. The van der Waals surface area contributed by atoms with E-state index >= 15 is 0 Å². The van der Waals surface area contributed by atoms with E-state index in [-0.39, 0.29) is 40.1 Å². The molecule has 5 aliphatic rings. The molecule has 42 heavy (non-hydrogen) atoms. The molecule has 6 nitrogen and oxygen atoms in total. The van der Waals surface area contributed by atoms with E-state index in [1.807, 2.05) is 0 Å². The van der Waals surface area contributed by atoms with Gasteiger partial charge in [-0.2, -0.15) is 0 Å². The van der Waals surface area contributed by atoms with Crippen LogP contribution in [0.2, 0.25) is 0 Å². The molecule has 10 atom stereocenters. The Kier molecular flexibility index (Phi) is 7.39. The predicted octanol–water partition coefficient (Wildman–Crippen LogP) is 8.14. The molecule has 0 aromatic heterocycles. The Labute approximate surface area is 253 Å². The van der Waals surface area contributed by atoms with Crippen LogP contribution in [0.4, 0.5) is 0 Å². The number of allylic oxidation sites excluding steroid dienone is 2. The third kappa shape index (κ3) is 4.19. The Morgan fingerprint density at radius 3 is 2.19 bits per heavy atom. The van der Waals surface area contributed by atoms with Gasteiger partial charge in [-0.1, -0.05) is 53.2 Å². The van der Waals surface area contributed by atoms with Crippen LogP contribution in [-0.4, -0.2) is 34.2 Å². The van der Waals surface area contributed by atoms with Crippen molar-refractivity contribution in [1.82, 2.24) is 0 Å². The highest BCUT2D eigenvalue weighted by Gasteiger charge is 2.71. The maximum atomic E-state index is 12.9. The summed E-state index contributed by atoms with van der Waals surface area (Å²) in [6.07, 6.45) is 10.5. The van der Waals surface area contributed by atoms with Crippen molar-refractivity contribution in [3.8, 4) is 0 Å². The summed E-state index contributed by atoms with van der Waals surface area (Å²) in [7, 11) is 0. The summed E-state index contributed by atoms with van der Waals surface area (Å²) >= 11 is 0. The quantitative estimate of drug-likeness (QED) is 0.250. The number of esters is 1. The van der Waals surface area contributed by atoms with Gasteiger partial charge in [-0.25, -0.2) is 0 Å². The largest absolute Gasteiger partial charge is 0.481 e. The molecule has 0 spiro atoms. The first-order chi connectivity index (χ1) is 19.3. The molecule has 0 saturated heterocycles. The van der Waals surface area contributed by atoms with Crippen molar-refractivity contribution in [2.24, 2.45) is 62.1 Å². The van der Waals surface area contributed by atoms with Crippen molar-refractivity contribution in [2.45, 2.75) is 133 Å². The van der Waals surface area contributed by atoms with Crippen molar-refractivity contribution in [2.75, 3.05) is 0 Å². The fourth-order valence-electron chi connectivity index (χ4n) is 12.1. The average Bonchev–Trinajstić information content (AvgIpc) is 2.87. The lowest BCUT2D eigenvalue weighted by molar-refractivity contribution is -0.254. The van der Waals surface area contributed by atoms with Crippen LogP contribution in [0, 0.1) is 62.1 Å². The average molecular weight is 585 g/mol. The lowest BCUT2D eigenvalue weighted by Crippen LogP contribution is -2.68. The zero-order valence-electron chi connectivity index (χ0n) is 27.6. The number of carboxylic acid groups (broad SMARTS) is 2. The van der Waals surface area contributed by atoms with Crippen molar-refractivity contribution >= 4 is 17.9 Å². The highest BCUT2D eigenvalue weighted by Crippen LogP contribution is 2.76. The molecule has 2 unspecified atom stereocenters. The second-order valence-electron chi connectivity index (χ2n) is 17.3. The molecule has 2 N–H and O–H groups in total. The summed E-state index contributed by atoms with van der Waals surface area (Å²) in [5, 5.41) is 20.2. The second kappa shape index (κ2) is 9.83. The van der Waals surface area contributed by atoms with Gasteiger partial charge >= 0.3 is 17.9 Å². The van der Waals surface area contributed by atoms with E-state index in [0.29, 0.717) is 30.1 Å². The molecule has 0 radical (unpaired) electrons. The lowest BCUT2D eigenvalue weighted by Gasteiger charge is -2.73.